The second-order valence-electron chi connectivity index (χ2n) is 4.05. The number of aromatic amines is 1. The maximum atomic E-state index is 12.1. The Morgan fingerprint density at radius 2 is 2.28 bits per heavy atom. The number of halogens is 1. The zero-order valence-electron chi connectivity index (χ0n) is 9.48. The number of nitrogens with zero attached hydrogens (tertiary/aromatic N) is 1. The zero-order chi connectivity index (χ0) is 12.5. The first-order valence-electron chi connectivity index (χ1n) is 5.63. The van der Waals surface area contributed by atoms with E-state index < -0.39 is 0 Å². The third-order valence-electron chi connectivity index (χ3n) is 2.81. The highest BCUT2D eigenvalue weighted by Gasteiger charge is 2.19. The molecule has 2 aromatic rings. The molecule has 1 N–H and O–H groups in total. The van der Waals surface area contributed by atoms with E-state index in [1.165, 1.54) is 5.75 Å². The molecule has 1 saturated heterocycles. The van der Waals surface area contributed by atoms with Crippen molar-refractivity contribution in [2.24, 2.45) is 0 Å². The van der Waals surface area contributed by atoms with Gasteiger partial charge in [-0.15, -0.1) is 11.8 Å². The Hall–Kier alpha value is -0.460. The number of thioether (sulfide) groups is 2. The van der Waals surface area contributed by atoms with Gasteiger partial charge in [-0.05, 0) is 18.2 Å². The fourth-order valence-corrected chi connectivity index (χ4v) is 4.91. The van der Waals surface area contributed by atoms with E-state index in [9.17, 15) is 4.79 Å². The van der Waals surface area contributed by atoms with Crippen LogP contribution in [0.3, 0.4) is 0 Å². The molecule has 0 bridgehead atoms. The van der Waals surface area contributed by atoms with E-state index in [0.717, 1.165) is 27.3 Å². The molecule has 0 aliphatic carbocycles. The van der Waals surface area contributed by atoms with Gasteiger partial charge < -0.3 is 4.98 Å². The van der Waals surface area contributed by atoms with Crippen molar-refractivity contribution in [3.05, 3.63) is 38.9 Å². The fourth-order valence-electron chi connectivity index (χ4n) is 1.93. The van der Waals surface area contributed by atoms with Gasteiger partial charge in [-0.25, -0.2) is 4.98 Å². The Bertz CT molecular complexity index is 638. The van der Waals surface area contributed by atoms with E-state index in [0.29, 0.717) is 10.6 Å². The van der Waals surface area contributed by atoms with Gasteiger partial charge in [-0.1, -0.05) is 15.9 Å². The molecule has 3 rings (SSSR count). The van der Waals surface area contributed by atoms with Crippen molar-refractivity contribution < 1.29 is 0 Å². The van der Waals surface area contributed by atoms with Gasteiger partial charge in [0.1, 0.15) is 5.82 Å². The lowest BCUT2D eigenvalue weighted by Crippen LogP contribution is -2.17. The van der Waals surface area contributed by atoms with E-state index in [4.69, 9.17) is 0 Å². The number of rotatable bonds is 1. The summed E-state index contributed by atoms with van der Waals surface area (Å²) in [6.45, 7) is 0. The maximum absolute atomic E-state index is 12.1. The molecule has 1 aliphatic rings. The Kier molecular flexibility index (Phi) is 3.68. The second kappa shape index (κ2) is 5.27. The first-order chi connectivity index (χ1) is 8.74. The Morgan fingerprint density at radius 3 is 3.06 bits per heavy atom. The molecule has 0 amide bonds. The van der Waals surface area contributed by atoms with Crippen LogP contribution in [0.4, 0.5) is 0 Å². The Balaban J connectivity index is 2.09. The van der Waals surface area contributed by atoms with Gasteiger partial charge in [0.25, 0.3) is 5.56 Å². The highest BCUT2D eigenvalue weighted by atomic mass is 79.9. The van der Waals surface area contributed by atoms with Gasteiger partial charge in [0, 0.05) is 21.7 Å². The number of nitrogens with one attached hydrogen (secondary N) is 1. The molecule has 0 spiro atoms. The molecule has 2 heterocycles. The summed E-state index contributed by atoms with van der Waals surface area (Å²) in [6, 6.07) is 5.62. The van der Waals surface area contributed by atoms with Crippen LogP contribution in [-0.4, -0.2) is 27.2 Å². The summed E-state index contributed by atoms with van der Waals surface area (Å²) in [6.07, 6.45) is 0. The summed E-state index contributed by atoms with van der Waals surface area (Å²) < 4.78 is 0.901. The molecule has 1 fully saturated rings. The lowest BCUT2D eigenvalue weighted by atomic mass is 10.2. The molecule has 1 aromatic heterocycles. The molecule has 1 aliphatic heterocycles. The summed E-state index contributed by atoms with van der Waals surface area (Å²) in [5.41, 5.74) is 0.723. The lowest BCUT2D eigenvalue weighted by Gasteiger charge is -2.20. The third kappa shape index (κ3) is 2.46. The van der Waals surface area contributed by atoms with Gasteiger partial charge in [0.15, 0.2) is 0 Å². The highest BCUT2D eigenvalue weighted by Crippen LogP contribution is 2.34. The highest BCUT2D eigenvalue weighted by molar-refractivity contribution is 9.10. The van der Waals surface area contributed by atoms with Crippen LogP contribution in [0.25, 0.3) is 10.9 Å². The monoisotopic (exact) mass is 342 g/mol. The summed E-state index contributed by atoms with van der Waals surface area (Å²) >= 11 is 7.17. The molecule has 0 saturated carbocycles. The van der Waals surface area contributed by atoms with Gasteiger partial charge in [-0.3, -0.25) is 4.79 Å². The van der Waals surface area contributed by atoms with Crippen LogP contribution in [0.5, 0.6) is 0 Å². The van der Waals surface area contributed by atoms with Crippen molar-refractivity contribution in [2.45, 2.75) is 5.25 Å². The zero-order valence-corrected chi connectivity index (χ0v) is 12.7. The number of hydrogen-bond donors (Lipinski definition) is 1. The number of hydrogen-bond acceptors (Lipinski definition) is 4. The first-order valence-corrected chi connectivity index (χ1v) is 8.62. The number of fused-ring (bicyclic) bond motifs is 1. The van der Waals surface area contributed by atoms with Crippen molar-refractivity contribution in [1.29, 1.82) is 0 Å². The van der Waals surface area contributed by atoms with Gasteiger partial charge in [-0.2, -0.15) is 11.8 Å². The van der Waals surface area contributed by atoms with Gasteiger partial charge in [0.2, 0.25) is 0 Å². The van der Waals surface area contributed by atoms with Crippen LogP contribution >= 0.6 is 39.5 Å². The van der Waals surface area contributed by atoms with E-state index in [1.807, 2.05) is 41.7 Å². The molecule has 18 heavy (non-hydrogen) atoms. The Labute approximate surface area is 121 Å². The van der Waals surface area contributed by atoms with E-state index in [2.05, 4.69) is 25.9 Å². The van der Waals surface area contributed by atoms with Crippen LogP contribution in [0, 0.1) is 0 Å². The Morgan fingerprint density at radius 1 is 1.39 bits per heavy atom. The van der Waals surface area contributed by atoms with Gasteiger partial charge in [0.05, 0.1) is 16.2 Å². The minimum absolute atomic E-state index is 0.0486. The maximum Gasteiger partial charge on any atom is 0.258 e. The molecule has 94 valence electrons. The van der Waals surface area contributed by atoms with Crippen LogP contribution in [-0.2, 0) is 0 Å². The first kappa shape index (κ1) is 12.6. The second-order valence-corrected chi connectivity index (χ2v) is 7.42. The molecule has 6 heteroatoms. The topological polar surface area (TPSA) is 45.8 Å². The molecular formula is C12H11BrN2OS2. The standard InChI is InChI=1S/C12H11BrN2OS2/c13-7-1-2-9-8(5-7)12(16)15-11(14-9)10-6-17-3-4-18-10/h1-2,5,10H,3-4,6H2,(H,14,15,16)/t10-/m0/s1. The van der Waals surface area contributed by atoms with Crippen LogP contribution in [0.1, 0.15) is 11.1 Å². The van der Waals surface area contributed by atoms with Crippen molar-refractivity contribution in [2.75, 3.05) is 17.3 Å². The largest absolute Gasteiger partial charge is 0.309 e. The van der Waals surface area contributed by atoms with Crippen molar-refractivity contribution in [1.82, 2.24) is 9.97 Å². The van der Waals surface area contributed by atoms with E-state index in [-0.39, 0.29) is 5.56 Å². The molecule has 0 radical (unpaired) electrons. The van der Waals surface area contributed by atoms with Crippen molar-refractivity contribution >= 4 is 50.4 Å². The third-order valence-corrected chi connectivity index (χ3v) is 6.06. The molecule has 0 unspecified atom stereocenters. The molecular weight excluding hydrogens is 332 g/mol. The number of H-pyrrole nitrogens is 1. The van der Waals surface area contributed by atoms with E-state index in [1.54, 1.807) is 0 Å². The summed E-state index contributed by atoms with van der Waals surface area (Å²) in [7, 11) is 0. The van der Waals surface area contributed by atoms with E-state index >= 15 is 0 Å². The SMILES string of the molecule is O=c1[nH]c([C@@H]2CSCCS2)nc2ccc(Br)cc12. The predicted molar refractivity (Wildman–Crippen MR) is 82.6 cm³/mol. The van der Waals surface area contributed by atoms with Crippen LogP contribution < -0.4 is 5.56 Å². The number of benzene rings is 1. The number of aromatic nitrogens is 2. The van der Waals surface area contributed by atoms with Crippen LogP contribution in [0.15, 0.2) is 27.5 Å². The van der Waals surface area contributed by atoms with Crippen LogP contribution in [0.2, 0.25) is 0 Å². The van der Waals surface area contributed by atoms with Gasteiger partial charge >= 0.3 is 0 Å². The average molecular weight is 343 g/mol. The molecule has 1 atom stereocenters. The predicted octanol–water partition coefficient (Wildman–Crippen LogP) is 3.21. The summed E-state index contributed by atoms with van der Waals surface area (Å²) in [4.78, 5) is 19.6. The minimum Gasteiger partial charge on any atom is -0.309 e. The van der Waals surface area contributed by atoms with Crippen molar-refractivity contribution in [3.8, 4) is 0 Å². The molecule has 3 nitrogen and oxygen atoms in total. The lowest BCUT2D eigenvalue weighted by molar-refractivity contribution is 0.927. The minimum atomic E-state index is -0.0486. The average Bonchev–Trinajstić information content (AvgIpc) is 2.40. The van der Waals surface area contributed by atoms with Crippen molar-refractivity contribution in [3.63, 3.8) is 0 Å². The normalized spacial score (nSPS) is 20.2. The summed E-state index contributed by atoms with van der Waals surface area (Å²) in [5, 5.41) is 0.950. The summed E-state index contributed by atoms with van der Waals surface area (Å²) in [5.74, 6) is 4.14. The fraction of sp³-hybridized carbons (Fsp3) is 0.333. The quantitative estimate of drug-likeness (QED) is 0.864. The molecule has 1 aromatic carbocycles. The smallest absolute Gasteiger partial charge is 0.258 e.